The van der Waals surface area contributed by atoms with Crippen molar-refractivity contribution in [3.8, 4) is 6.07 Å². The molecule has 0 radical (unpaired) electrons. The van der Waals surface area contributed by atoms with E-state index in [1.807, 2.05) is 12.1 Å². The first-order valence-electron chi connectivity index (χ1n) is 6.47. The van der Waals surface area contributed by atoms with E-state index in [0.717, 1.165) is 17.4 Å². The summed E-state index contributed by atoms with van der Waals surface area (Å²) in [7, 11) is 0. The van der Waals surface area contributed by atoms with Crippen LogP contribution < -0.4 is 20.1 Å². The van der Waals surface area contributed by atoms with Gasteiger partial charge in [0.15, 0.2) is 0 Å². The SMILES string of the molecule is CCn1c(=O)/c(=C(\C#N)Nc2ccccc2)s/c1=C\C(=O)O. The number of aromatic nitrogens is 1. The van der Waals surface area contributed by atoms with E-state index in [2.05, 4.69) is 5.32 Å². The molecule has 6 nitrogen and oxygen atoms in total. The van der Waals surface area contributed by atoms with Crippen LogP contribution in [0.15, 0.2) is 35.1 Å². The Morgan fingerprint density at radius 2 is 2.14 bits per heavy atom. The maximum absolute atomic E-state index is 12.3. The smallest absolute Gasteiger partial charge is 0.331 e. The van der Waals surface area contributed by atoms with E-state index in [9.17, 15) is 14.9 Å². The molecule has 0 aliphatic heterocycles. The van der Waals surface area contributed by atoms with Crippen LogP contribution in [0.25, 0.3) is 11.8 Å². The van der Waals surface area contributed by atoms with Crippen LogP contribution in [-0.4, -0.2) is 15.6 Å². The van der Waals surface area contributed by atoms with Crippen LogP contribution in [0.1, 0.15) is 6.92 Å². The lowest BCUT2D eigenvalue weighted by atomic mass is 10.3. The van der Waals surface area contributed by atoms with Crippen molar-refractivity contribution >= 4 is 34.8 Å². The molecule has 0 fully saturated rings. The molecule has 1 aromatic carbocycles. The zero-order valence-electron chi connectivity index (χ0n) is 11.7. The van der Waals surface area contributed by atoms with Gasteiger partial charge in [-0.2, -0.15) is 5.26 Å². The molecule has 2 rings (SSSR count). The largest absolute Gasteiger partial charge is 0.478 e. The Morgan fingerprint density at radius 1 is 1.45 bits per heavy atom. The van der Waals surface area contributed by atoms with Gasteiger partial charge in [-0.1, -0.05) is 18.2 Å². The summed E-state index contributed by atoms with van der Waals surface area (Å²) in [6.07, 6.45) is 0.969. The zero-order chi connectivity index (χ0) is 16.1. The predicted octanol–water partition coefficient (Wildman–Crippen LogP) is 0.539. The number of thiazole rings is 1. The van der Waals surface area contributed by atoms with Crippen molar-refractivity contribution in [1.29, 1.82) is 5.26 Å². The van der Waals surface area contributed by atoms with Crippen molar-refractivity contribution in [1.82, 2.24) is 4.57 Å². The highest BCUT2D eigenvalue weighted by Gasteiger charge is 2.09. The van der Waals surface area contributed by atoms with E-state index < -0.39 is 5.97 Å². The van der Waals surface area contributed by atoms with Crippen molar-refractivity contribution in [3.05, 3.63) is 49.9 Å². The van der Waals surface area contributed by atoms with Gasteiger partial charge in [0.2, 0.25) is 0 Å². The molecule has 2 N–H and O–H groups in total. The Hall–Kier alpha value is -2.85. The topological polar surface area (TPSA) is 95.1 Å². The Labute approximate surface area is 129 Å². The summed E-state index contributed by atoms with van der Waals surface area (Å²) >= 11 is 0.983. The lowest BCUT2D eigenvalue weighted by molar-refractivity contribution is -0.129. The van der Waals surface area contributed by atoms with E-state index in [-0.39, 0.29) is 15.8 Å². The van der Waals surface area contributed by atoms with Crippen LogP contribution in [-0.2, 0) is 11.3 Å². The molecule has 2 aromatic rings. The Bertz CT molecular complexity index is 904. The van der Waals surface area contributed by atoms with Crippen molar-refractivity contribution in [2.75, 3.05) is 5.32 Å². The first-order valence-corrected chi connectivity index (χ1v) is 7.29. The van der Waals surface area contributed by atoms with Crippen molar-refractivity contribution in [3.63, 3.8) is 0 Å². The minimum atomic E-state index is -1.13. The molecule has 22 heavy (non-hydrogen) atoms. The Kier molecular flexibility index (Phi) is 4.76. The maximum Gasteiger partial charge on any atom is 0.331 e. The van der Waals surface area contributed by atoms with Crippen LogP contribution in [0, 0.1) is 11.3 Å². The van der Waals surface area contributed by atoms with Gasteiger partial charge in [0.05, 0.1) is 6.08 Å². The molecule has 112 valence electrons. The van der Waals surface area contributed by atoms with Crippen LogP contribution in [0.4, 0.5) is 5.69 Å². The third-order valence-corrected chi connectivity index (χ3v) is 3.99. The summed E-state index contributed by atoms with van der Waals surface area (Å²) in [4.78, 5) is 23.2. The first-order chi connectivity index (χ1) is 10.6. The highest BCUT2D eigenvalue weighted by molar-refractivity contribution is 7.07. The normalized spacial score (nSPS) is 12.6. The van der Waals surface area contributed by atoms with E-state index in [4.69, 9.17) is 5.11 Å². The van der Waals surface area contributed by atoms with Crippen LogP contribution in [0.2, 0.25) is 0 Å². The summed E-state index contributed by atoms with van der Waals surface area (Å²) < 4.78 is 1.83. The molecule has 0 saturated heterocycles. The number of carbonyl (C=O) groups is 1. The number of para-hydroxylation sites is 1. The van der Waals surface area contributed by atoms with Gasteiger partial charge in [0.25, 0.3) is 5.56 Å². The molecular formula is C15H13N3O3S. The molecule has 0 aliphatic carbocycles. The maximum atomic E-state index is 12.3. The number of benzene rings is 1. The number of nitrogens with zero attached hydrogens (tertiary/aromatic N) is 2. The molecule has 0 bridgehead atoms. The lowest BCUT2D eigenvalue weighted by Gasteiger charge is -2.01. The summed E-state index contributed by atoms with van der Waals surface area (Å²) in [6, 6.07) is 11.0. The van der Waals surface area contributed by atoms with E-state index in [1.54, 1.807) is 31.2 Å². The van der Waals surface area contributed by atoms with Crippen LogP contribution >= 0.6 is 11.3 Å². The van der Waals surface area contributed by atoms with Gasteiger partial charge in [0, 0.05) is 12.2 Å². The van der Waals surface area contributed by atoms with Crippen LogP contribution in [0.5, 0.6) is 0 Å². The minimum absolute atomic E-state index is 0.105. The highest BCUT2D eigenvalue weighted by atomic mass is 32.1. The van der Waals surface area contributed by atoms with Gasteiger partial charge < -0.3 is 10.4 Å². The number of nitrogens with one attached hydrogen (secondary N) is 1. The fourth-order valence-corrected chi connectivity index (χ4v) is 2.99. The second-order valence-corrected chi connectivity index (χ2v) is 5.31. The van der Waals surface area contributed by atoms with Gasteiger partial charge in [-0.3, -0.25) is 9.36 Å². The quantitative estimate of drug-likeness (QED) is 0.858. The number of aliphatic carboxylic acids is 1. The summed E-state index contributed by atoms with van der Waals surface area (Å²) in [6.45, 7) is 2.08. The van der Waals surface area contributed by atoms with E-state index in [1.165, 1.54) is 4.57 Å². The van der Waals surface area contributed by atoms with Crippen molar-refractivity contribution in [2.45, 2.75) is 13.5 Å². The molecule has 0 unspecified atom stereocenters. The highest BCUT2D eigenvalue weighted by Crippen LogP contribution is 2.08. The average molecular weight is 315 g/mol. The number of nitriles is 1. The van der Waals surface area contributed by atoms with Gasteiger partial charge in [-0.05, 0) is 19.1 Å². The van der Waals surface area contributed by atoms with E-state index >= 15 is 0 Å². The monoisotopic (exact) mass is 315 g/mol. The molecule has 0 atom stereocenters. The second kappa shape index (κ2) is 6.74. The molecule has 0 saturated carbocycles. The number of anilines is 1. The Morgan fingerprint density at radius 3 is 2.68 bits per heavy atom. The summed E-state index contributed by atoms with van der Waals surface area (Å²) in [5.41, 5.74) is 0.409. The minimum Gasteiger partial charge on any atom is -0.478 e. The third kappa shape index (κ3) is 3.24. The van der Waals surface area contributed by atoms with Crippen LogP contribution in [0.3, 0.4) is 0 Å². The van der Waals surface area contributed by atoms with Gasteiger partial charge >= 0.3 is 5.97 Å². The average Bonchev–Trinajstić information content (AvgIpc) is 2.81. The van der Waals surface area contributed by atoms with Crippen molar-refractivity contribution in [2.24, 2.45) is 0 Å². The molecule has 1 heterocycles. The van der Waals surface area contributed by atoms with Gasteiger partial charge in [0.1, 0.15) is 21.0 Å². The lowest BCUT2D eigenvalue weighted by Crippen LogP contribution is -2.32. The molecule has 0 spiro atoms. The fourth-order valence-electron chi connectivity index (χ4n) is 1.90. The molecule has 1 aromatic heterocycles. The number of carboxylic acids is 1. The standard InChI is InChI=1S/C15H13N3O3S/c1-2-18-12(8-13(19)20)22-14(15(18)21)11(9-16)17-10-6-4-3-5-7-10/h3-8,17H,2H2,1H3,(H,19,20)/b12-8-,14-11-. The number of carboxylic acid groups (broad SMARTS) is 1. The van der Waals surface area contributed by atoms with Gasteiger partial charge in [-0.25, -0.2) is 4.79 Å². The third-order valence-electron chi connectivity index (χ3n) is 2.86. The molecule has 0 aliphatic rings. The number of hydrogen-bond acceptors (Lipinski definition) is 5. The molecular weight excluding hydrogens is 302 g/mol. The first kappa shape index (κ1) is 15.5. The summed E-state index contributed by atoms with van der Waals surface area (Å²) in [5, 5.41) is 21.1. The molecule has 7 heteroatoms. The second-order valence-electron chi connectivity index (χ2n) is 4.28. The Balaban J connectivity index is 2.68. The predicted molar refractivity (Wildman–Crippen MR) is 84.7 cm³/mol. The number of hydrogen-bond donors (Lipinski definition) is 2. The fraction of sp³-hybridized carbons (Fsp3) is 0.133. The molecule has 0 amide bonds. The summed E-state index contributed by atoms with van der Waals surface area (Å²) in [5.74, 6) is -1.13. The van der Waals surface area contributed by atoms with Crippen molar-refractivity contribution < 1.29 is 9.90 Å². The van der Waals surface area contributed by atoms with Gasteiger partial charge in [-0.15, -0.1) is 11.3 Å². The number of rotatable bonds is 4. The van der Waals surface area contributed by atoms with E-state index in [0.29, 0.717) is 16.9 Å². The zero-order valence-corrected chi connectivity index (χ0v) is 12.6.